The van der Waals surface area contributed by atoms with E-state index in [4.69, 9.17) is 42.6 Å². The lowest BCUT2D eigenvalue weighted by Gasteiger charge is -2.47. The molecule has 9 rings (SSSR count). The van der Waals surface area contributed by atoms with Crippen LogP contribution in [0.15, 0.2) is 23.8 Å². The van der Waals surface area contributed by atoms with Gasteiger partial charge in [-0.2, -0.15) is 0 Å². The number of esters is 1. The van der Waals surface area contributed by atoms with E-state index in [1.165, 1.54) is 0 Å². The highest BCUT2D eigenvalue weighted by Gasteiger charge is 2.64. The molecule has 8 saturated heterocycles. The van der Waals surface area contributed by atoms with Crippen LogP contribution >= 0.6 is 0 Å². The molecule has 2 N–H and O–H groups in total. The van der Waals surface area contributed by atoms with Gasteiger partial charge in [-0.3, -0.25) is 9.59 Å². The van der Waals surface area contributed by atoms with E-state index in [0.717, 1.165) is 44.1 Å². The number of fused-ring (bicyclic) bond motifs is 10. The summed E-state index contributed by atoms with van der Waals surface area (Å²) < 4.78 is 59.9. The van der Waals surface area contributed by atoms with Crippen molar-refractivity contribution >= 4 is 11.8 Å². The Morgan fingerprint density at radius 2 is 1.56 bits per heavy atom. The van der Waals surface area contributed by atoms with E-state index >= 15 is 0 Å². The summed E-state index contributed by atoms with van der Waals surface area (Å²) in [6.45, 7) is 16.7. The zero-order valence-corrected chi connectivity index (χ0v) is 37.7. The molecule has 61 heavy (non-hydrogen) atoms. The van der Waals surface area contributed by atoms with E-state index in [-0.39, 0.29) is 55.2 Å². The lowest BCUT2D eigenvalue weighted by molar-refractivity contribution is -0.359. The number of ketones is 1. The van der Waals surface area contributed by atoms with Crippen LogP contribution in [-0.4, -0.2) is 118 Å². The maximum absolute atomic E-state index is 14.1. The van der Waals surface area contributed by atoms with Gasteiger partial charge in [0.15, 0.2) is 17.4 Å². The molecule has 0 aromatic carbocycles. The van der Waals surface area contributed by atoms with Gasteiger partial charge in [0.1, 0.15) is 36.6 Å². The van der Waals surface area contributed by atoms with Gasteiger partial charge < -0.3 is 52.8 Å². The maximum atomic E-state index is 14.1. The van der Waals surface area contributed by atoms with Crippen LogP contribution in [0.2, 0.25) is 0 Å². The van der Waals surface area contributed by atoms with Crippen molar-refractivity contribution in [2.75, 3.05) is 6.61 Å². The normalized spacial score (nSPS) is 54.3. The van der Waals surface area contributed by atoms with E-state index < -0.39 is 88.8 Å². The van der Waals surface area contributed by atoms with Gasteiger partial charge in [-0.1, -0.05) is 44.6 Å². The highest BCUT2D eigenvalue weighted by molar-refractivity contribution is 5.86. The fourth-order valence-corrected chi connectivity index (χ4v) is 12.7. The fourth-order valence-electron chi connectivity index (χ4n) is 12.7. The number of allylic oxidation sites excluding steroid dienone is 3. The minimum atomic E-state index is -1.93. The molecule has 13 nitrogen and oxygen atoms in total. The van der Waals surface area contributed by atoms with Crippen molar-refractivity contribution in [2.45, 2.75) is 234 Å². The molecule has 0 aromatic heterocycles. The third-order valence-corrected chi connectivity index (χ3v) is 16.5. The Hall–Kier alpha value is -1.78. The maximum Gasteiger partial charge on any atom is 0.311 e. The molecular weight excluding hydrogens is 785 g/mol. The molecule has 9 aliphatic rings. The quantitative estimate of drug-likeness (QED) is 0.275. The highest BCUT2D eigenvalue weighted by atomic mass is 16.8. The average molecular weight is 857 g/mol. The molecule has 13 heteroatoms. The first-order valence-corrected chi connectivity index (χ1v) is 23.6. The largest absolute Gasteiger partial charge is 0.459 e. The topological polar surface area (TPSA) is 158 Å². The van der Waals surface area contributed by atoms with Crippen LogP contribution in [0.25, 0.3) is 0 Å². The summed E-state index contributed by atoms with van der Waals surface area (Å²) in [5, 5.41) is 22.9. The molecule has 0 saturated carbocycles. The number of Topliss-reactive ketones (excluding diaryl/α,β-unsaturated/α-hetero) is 1. The van der Waals surface area contributed by atoms with E-state index in [1.54, 1.807) is 0 Å². The van der Waals surface area contributed by atoms with Gasteiger partial charge >= 0.3 is 5.97 Å². The van der Waals surface area contributed by atoms with Gasteiger partial charge in [0.25, 0.3) is 0 Å². The smallest absolute Gasteiger partial charge is 0.311 e. The Kier molecular flexibility index (Phi) is 11.6. The van der Waals surface area contributed by atoms with E-state index in [0.29, 0.717) is 38.5 Å². The number of carbonyl (C=O) groups is 2. The van der Waals surface area contributed by atoms with Gasteiger partial charge in [0, 0.05) is 44.4 Å². The van der Waals surface area contributed by atoms with Crippen molar-refractivity contribution < 1.29 is 62.4 Å². The second-order valence-corrected chi connectivity index (χ2v) is 21.6. The third-order valence-electron chi connectivity index (χ3n) is 16.5. The zero-order valence-electron chi connectivity index (χ0n) is 37.7. The predicted molar refractivity (Wildman–Crippen MR) is 221 cm³/mol. The van der Waals surface area contributed by atoms with Crippen molar-refractivity contribution in [1.82, 2.24) is 0 Å². The summed E-state index contributed by atoms with van der Waals surface area (Å²) in [7, 11) is 0. The van der Waals surface area contributed by atoms with Crippen LogP contribution in [0.1, 0.15) is 145 Å². The van der Waals surface area contributed by atoms with Crippen LogP contribution in [0, 0.1) is 23.7 Å². The van der Waals surface area contributed by atoms with Crippen LogP contribution in [-0.2, 0) is 52.2 Å². The first-order valence-electron chi connectivity index (χ1n) is 23.6. The van der Waals surface area contributed by atoms with Crippen LogP contribution in [0.5, 0.6) is 0 Å². The Morgan fingerprint density at radius 3 is 2.36 bits per heavy atom. The molecule has 8 fully saturated rings. The molecule has 9 heterocycles. The summed E-state index contributed by atoms with van der Waals surface area (Å²) in [5.74, 6) is -4.84. The first kappa shape index (κ1) is 44.4. The number of ether oxygens (including phenoxy) is 9. The van der Waals surface area contributed by atoms with Crippen LogP contribution in [0.3, 0.4) is 0 Å². The summed E-state index contributed by atoms with van der Waals surface area (Å²) in [4.78, 5) is 28.1. The fraction of sp³-hybridized carbons (Fsp3) is 0.875. The van der Waals surface area contributed by atoms with Crippen molar-refractivity contribution in [2.24, 2.45) is 23.7 Å². The molecule has 19 atom stereocenters. The molecule has 0 amide bonds. The SMILES string of the molecule is CC1=CC(C)CC2(C)CCC(O2)C23CCC(C)(CC(O2)C2OC(C)(CC2=O)C(C)C2CCC4(CCCC(O4)C(C)C(=O)OC4CC(C5(O)OCCC(C)C5O)OC4C=C1)O2)O3. The number of rotatable bonds is 1. The molecular formula is C48H72O13. The molecule has 0 radical (unpaired) electrons. The first-order chi connectivity index (χ1) is 28.7. The van der Waals surface area contributed by atoms with E-state index in [1.807, 2.05) is 39.8 Å². The third kappa shape index (κ3) is 8.15. The lowest BCUT2D eigenvalue weighted by atomic mass is 9.82. The molecule has 0 aliphatic carbocycles. The summed E-state index contributed by atoms with van der Waals surface area (Å²) in [6, 6.07) is 0. The average Bonchev–Trinajstić information content (AvgIpc) is 4.02. The van der Waals surface area contributed by atoms with Gasteiger partial charge in [0.2, 0.25) is 5.79 Å². The summed E-state index contributed by atoms with van der Waals surface area (Å²) >= 11 is 0. The second kappa shape index (κ2) is 16.0. The molecule has 10 bridgehead atoms. The van der Waals surface area contributed by atoms with Crippen molar-refractivity contribution in [3.8, 4) is 0 Å². The molecule has 342 valence electrons. The zero-order chi connectivity index (χ0) is 43.3. The number of aliphatic hydroxyl groups excluding tert-OH is 1. The van der Waals surface area contributed by atoms with Gasteiger partial charge in [0.05, 0.1) is 47.6 Å². The van der Waals surface area contributed by atoms with Crippen LogP contribution in [0.4, 0.5) is 0 Å². The van der Waals surface area contributed by atoms with Crippen molar-refractivity contribution in [3.05, 3.63) is 23.8 Å². The number of hydrogen-bond acceptors (Lipinski definition) is 13. The van der Waals surface area contributed by atoms with Gasteiger partial charge in [-0.25, -0.2) is 0 Å². The Morgan fingerprint density at radius 1 is 0.770 bits per heavy atom. The highest BCUT2D eigenvalue weighted by Crippen LogP contribution is 2.56. The van der Waals surface area contributed by atoms with Crippen molar-refractivity contribution in [1.29, 1.82) is 0 Å². The van der Waals surface area contributed by atoms with E-state index in [2.05, 4.69) is 33.8 Å². The predicted octanol–water partition coefficient (Wildman–Crippen LogP) is 6.53. The van der Waals surface area contributed by atoms with E-state index in [9.17, 15) is 19.8 Å². The number of carbonyl (C=O) groups excluding carboxylic acids is 2. The lowest BCUT2D eigenvalue weighted by Crippen LogP contribution is -2.59. The molecule has 19 unspecified atom stereocenters. The molecule has 2 spiro atoms. The van der Waals surface area contributed by atoms with Gasteiger partial charge in [-0.15, -0.1) is 0 Å². The number of aliphatic hydroxyl groups is 2. The molecule has 0 aromatic rings. The summed E-state index contributed by atoms with van der Waals surface area (Å²) in [6.07, 6.45) is 9.72. The Labute approximate surface area is 361 Å². The van der Waals surface area contributed by atoms with Crippen molar-refractivity contribution in [3.63, 3.8) is 0 Å². The van der Waals surface area contributed by atoms with Gasteiger partial charge in [-0.05, 0) is 97.8 Å². The number of hydrogen-bond donors (Lipinski definition) is 2. The van der Waals surface area contributed by atoms with Crippen LogP contribution < -0.4 is 0 Å². The Bertz CT molecular complexity index is 1750. The summed E-state index contributed by atoms with van der Waals surface area (Å²) in [5.41, 5.74) is -0.613. The Balaban J connectivity index is 1.00. The minimum Gasteiger partial charge on any atom is -0.459 e. The minimum absolute atomic E-state index is 0.0559. The molecule has 9 aliphatic heterocycles. The standard InChI is InChI=1S/C48H72O13/c1-27-11-12-35-36(23-39(54-35)48(52)41(50)29(3)15-21-53-48)55-42(51)30(4)33-10-9-16-46(56-33)18-13-34(57-46)31(5)45(8)25-32(49)40(60-45)37-26-44(7)19-20-47(58-37,61-44)38-14-17-43(6,59-38)24-28(2)22-27/h11-12,22,28-31,33-41,50,52H,9-10,13-21,23-26H2,1-8H3. The monoisotopic (exact) mass is 856 g/mol. The second-order valence-electron chi connectivity index (χ2n) is 21.6.